The van der Waals surface area contributed by atoms with Crippen molar-refractivity contribution in [2.75, 3.05) is 5.73 Å². The number of benzene rings is 1. The Balaban J connectivity index is 3.10. The molecule has 0 unspecified atom stereocenters. The summed E-state index contributed by atoms with van der Waals surface area (Å²) in [7, 11) is -3.71. The van der Waals surface area contributed by atoms with Crippen LogP contribution in [0.1, 0.15) is 27.2 Å². The van der Waals surface area contributed by atoms with Gasteiger partial charge >= 0.3 is 0 Å². The van der Waals surface area contributed by atoms with Gasteiger partial charge in [0, 0.05) is 5.54 Å². The van der Waals surface area contributed by atoms with Crippen molar-refractivity contribution in [1.29, 1.82) is 0 Å². The summed E-state index contributed by atoms with van der Waals surface area (Å²) in [6.07, 6.45) is 0.629. The second kappa shape index (κ2) is 4.62. The summed E-state index contributed by atoms with van der Waals surface area (Å²) in [6, 6.07) is 3.44. The van der Waals surface area contributed by atoms with Gasteiger partial charge in [-0.1, -0.05) is 6.92 Å². The van der Waals surface area contributed by atoms with Crippen LogP contribution in [0, 0.1) is 5.82 Å². The fourth-order valence-corrected chi connectivity index (χ4v) is 2.67. The molecule has 0 saturated carbocycles. The summed E-state index contributed by atoms with van der Waals surface area (Å²) in [5, 5.41) is 0. The van der Waals surface area contributed by atoms with Gasteiger partial charge in [-0.05, 0) is 38.5 Å². The maximum Gasteiger partial charge on any atom is 0.241 e. The molecule has 0 atom stereocenters. The maximum absolute atomic E-state index is 13.2. The fraction of sp³-hybridized carbons (Fsp3) is 0.455. The van der Waals surface area contributed by atoms with E-state index in [0.717, 1.165) is 6.07 Å². The highest BCUT2D eigenvalue weighted by atomic mass is 32.2. The molecule has 96 valence electrons. The van der Waals surface area contributed by atoms with Crippen molar-refractivity contribution in [3.8, 4) is 0 Å². The van der Waals surface area contributed by atoms with E-state index in [0.29, 0.717) is 6.42 Å². The molecular formula is C11H17FN2O2S. The Kier molecular flexibility index (Phi) is 3.78. The third-order valence-electron chi connectivity index (χ3n) is 2.58. The molecule has 6 heteroatoms. The average molecular weight is 260 g/mol. The van der Waals surface area contributed by atoms with E-state index in [2.05, 4.69) is 4.72 Å². The zero-order valence-corrected chi connectivity index (χ0v) is 10.9. The van der Waals surface area contributed by atoms with Gasteiger partial charge in [0.25, 0.3) is 0 Å². The van der Waals surface area contributed by atoms with E-state index in [1.807, 2.05) is 6.92 Å². The summed E-state index contributed by atoms with van der Waals surface area (Å²) in [5.41, 5.74) is 4.65. The molecule has 0 aliphatic carbocycles. The molecule has 0 heterocycles. The largest absolute Gasteiger partial charge is 0.396 e. The Hall–Kier alpha value is -1.14. The van der Waals surface area contributed by atoms with Crippen LogP contribution in [0.5, 0.6) is 0 Å². The van der Waals surface area contributed by atoms with Crippen molar-refractivity contribution in [3.05, 3.63) is 24.0 Å². The van der Waals surface area contributed by atoms with E-state index < -0.39 is 21.4 Å². The standard InChI is InChI=1S/C11H17FN2O2S/c1-4-11(2,3)14-17(15,16)8-5-6-10(13)9(12)7-8/h5-7,14H,4,13H2,1-3H3. The Morgan fingerprint density at radius 1 is 1.41 bits per heavy atom. The van der Waals surface area contributed by atoms with Gasteiger partial charge in [-0.3, -0.25) is 0 Å². The summed E-state index contributed by atoms with van der Waals surface area (Å²) >= 11 is 0. The zero-order chi connectivity index (χ0) is 13.3. The van der Waals surface area contributed by atoms with Crippen molar-refractivity contribution in [2.45, 2.75) is 37.6 Å². The minimum atomic E-state index is -3.71. The lowest BCUT2D eigenvalue weighted by Gasteiger charge is -2.24. The van der Waals surface area contributed by atoms with Crippen LogP contribution in [-0.4, -0.2) is 14.0 Å². The lowest BCUT2D eigenvalue weighted by Crippen LogP contribution is -2.42. The minimum Gasteiger partial charge on any atom is -0.396 e. The Labute approximate surface area is 101 Å². The van der Waals surface area contributed by atoms with Crippen LogP contribution in [0.3, 0.4) is 0 Å². The van der Waals surface area contributed by atoms with E-state index >= 15 is 0 Å². The van der Waals surface area contributed by atoms with Crippen LogP contribution in [0.25, 0.3) is 0 Å². The molecule has 4 nitrogen and oxygen atoms in total. The van der Waals surface area contributed by atoms with Crippen molar-refractivity contribution in [2.24, 2.45) is 0 Å². The van der Waals surface area contributed by atoms with Crippen LogP contribution in [-0.2, 0) is 10.0 Å². The second-order valence-electron chi connectivity index (χ2n) is 4.53. The first kappa shape index (κ1) is 13.9. The average Bonchev–Trinajstić information content (AvgIpc) is 2.20. The molecule has 0 aliphatic heterocycles. The topological polar surface area (TPSA) is 72.2 Å². The third kappa shape index (κ3) is 3.41. The summed E-state index contributed by atoms with van der Waals surface area (Å²) < 4.78 is 39.6. The SMILES string of the molecule is CCC(C)(C)NS(=O)(=O)c1ccc(N)c(F)c1. The molecule has 1 aromatic carbocycles. The van der Waals surface area contributed by atoms with Gasteiger partial charge in [0.05, 0.1) is 10.6 Å². The Bertz CT molecular complexity index is 512. The van der Waals surface area contributed by atoms with Crippen LogP contribution in [0.4, 0.5) is 10.1 Å². The predicted octanol–water partition coefficient (Wildman–Crippen LogP) is 1.87. The smallest absolute Gasteiger partial charge is 0.241 e. The summed E-state index contributed by atoms with van der Waals surface area (Å²) in [6.45, 7) is 5.39. The summed E-state index contributed by atoms with van der Waals surface area (Å²) in [4.78, 5) is -0.120. The molecule has 0 bridgehead atoms. The van der Waals surface area contributed by atoms with E-state index in [9.17, 15) is 12.8 Å². The Morgan fingerprint density at radius 2 is 2.00 bits per heavy atom. The van der Waals surface area contributed by atoms with Crippen LogP contribution in [0.15, 0.2) is 23.1 Å². The zero-order valence-electron chi connectivity index (χ0n) is 10.1. The molecular weight excluding hydrogens is 243 g/mol. The number of rotatable bonds is 4. The molecule has 1 aromatic rings. The molecule has 1 rings (SSSR count). The number of hydrogen-bond acceptors (Lipinski definition) is 3. The van der Waals surface area contributed by atoms with Gasteiger partial charge in [0.15, 0.2) is 0 Å². The minimum absolute atomic E-state index is 0.0706. The molecule has 0 amide bonds. The lowest BCUT2D eigenvalue weighted by molar-refractivity contribution is 0.439. The summed E-state index contributed by atoms with van der Waals surface area (Å²) in [5.74, 6) is -0.734. The first-order valence-electron chi connectivity index (χ1n) is 5.27. The normalized spacial score (nSPS) is 12.7. The highest BCUT2D eigenvalue weighted by molar-refractivity contribution is 7.89. The van der Waals surface area contributed by atoms with E-state index in [1.165, 1.54) is 12.1 Å². The van der Waals surface area contributed by atoms with Crippen molar-refractivity contribution >= 4 is 15.7 Å². The molecule has 0 radical (unpaired) electrons. The van der Waals surface area contributed by atoms with Gasteiger partial charge < -0.3 is 5.73 Å². The first-order valence-corrected chi connectivity index (χ1v) is 6.75. The van der Waals surface area contributed by atoms with Crippen LogP contribution in [0.2, 0.25) is 0 Å². The van der Waals surface area contributed by atoms with Crippen molar-refractivity contribution in [3.63, 3.8) is 0 Å². The molecule has 0 aromatic heterocycles. The quantitative estimate of drug-likeness (QED) is 0.812. The number of nitrogens with one attached hydrogen (secondary N) is 1. The molecule has 0 fully saturated rings. The highest BCUT2D eigenvalue weighted by Crippen LogP contribution is 2.19. The van der Waals surface area contributed by atoms with Crippen LogP contribution >= 0.6 is 0 Å². The van der Waals surface area contributed by atoms with Crippen LogP contribution < -0.4 is 10.5 Å². The van der Waals surface area contributed by atoms with Gasteiger partial charge in [-0.15, -0.1) is 0 Å². The van der Waals surface area contributed by atoms with E-state index in [-0.39, 0.29) is 10.6 Å². The number of nitrogens with two attached hydrogens (primary N) is 1. The van der Waals surface area contributed by atoms with Crippen molar-refractivity contribution < 1.29 is 12.8 Å². The molecule has 3 N–H and O–H groups in total. The first-order chi connectivity index (χ1) is 7.68. The monoisotopic (exact) mass is 260 g/mol. The molecule has 0 spiro atoms. The molecule has 0 aliphatic rings. The molecule has 0 saturated heterocycles. The van der Waals surface area contributed by atoms with Gasteiger partial charge in [0.2, 0.25) is 10.0 Å². The highest BCUT2D eigenvalue weighted by Gasteiger charge is 2.24. The fourth-order valence-electron chi connectivity index (χ4n) is 1.17. The third-order valence-corrected chi connectivity index (χ3v) is 4.27. The number of nitrogen functional groups attached to an aromatic ring is 1. The number of anilines is 1. The second-order valence-corrected chi connectivity index (χ2v) is 6.21. The lowest BCUT2D eigenvalue weighted by atomic mass is 10.0. The Morgan fingerprint density at radius 3 is 2.47 bits per heavy atom. The number of sulfonamides is 1. The predicted molar refractivity (Wildman–Crippen MR) is 65.5 cm³/mol. The maximum atomic E-state index is 13.2. The van der Waals surface area contributed by atoms with E-state index in [4.69, 9.17) is 5.73 Å². The van der Waals surface area contributed by atoms with Gasteiger partial charge in [0.1, 0.15) is 5.82 Å². The molecule has 17 heavy (non-hydrogen) atoms. The van der Waals surface area contributed by atoms with Crippen molar-refractivity contribution in [1.82, 2.24) is 4.72 Å². The number of hydrogen-bond donors (Lipinski definition) is 2. The van der Waals surface area contributed by atoms with Gasteiger partial charge in [-0.2, -0.15) is 0 Å². The van der Waals surface area contributed by atoms with E-state index in [1.54, 1.807) is 13.8 Å². The number of halogens is 1. The van der Waals surface area contributed by atoms with Gasteiger partial charge in [-0.25, -0.2) is 17.5 Å².